The summed E-state index contributed by atoms with van der Waals surface area (Å²) in [6, 6.07) is 8.20. The van der Waals surface area contributed by atoms with Crippen molar-refractivity contribution in [2.75, 3.05) is 18.8 Å². The highest BCUT2D eigenvalue weighted by molar-refractivity contribution is 9.10. The Bertz CT molecular complexity index is 489. The Kier molecular flexibility index (Phi) is 5.66. The Labute approximate surface area is 132 Å². The van der Waals surface area contributed by atoms with Gasteiger partial charge in [-0.05, 0) is 30.0 Å². The Morgan fingerprint density at radius 3 is 2.75 bits per heavy atom. The quantitative estimate of drug-likeness (QED) is 0.814. The number of hydrogen-bond acceptors (Lipinski definition) is 3. The van der Waals surface area contributed by atoms with Crippen LogP contribution in [0.25, 0.3) is 0 Å². The molecule has 0 spiro atoms. The second-order valence-corrected chi connectivity index (χ2v) is 7.20. The second kappa shape index (κ2) is 7.27. The molecule has 0 bridgehead atoms. The Morgan fingerprint density at radius 1 is 1.40 bits per heavy atom. The SMILES string of the molecule is CC(=O)SCC1CC(=O)N(CCc2ccc(Br)cc2)C1. The summed E-state index contributed by atoms with van der Waals surface area (Å²) in [6.45, 7) is 3.13. The molecule has 1 aliphatic rings. The lowest BCUT2D eigenvalue weighted by molar-refractivity contribution is -0.127. The van der Waals surface area contributed by atoms with Crippen molar-refractivity contribution in [2.24, 2.45) is 5.92 Å². The molecule has 5 heteroatoms. The summed E-state index contributed by atoms with van der Waals surface area (Å²) in [5, 5.41) is 0.130. The van der Waals surface area contributed by atoms with Gasteiger partial charge >= 0.3 is 0 Å². The molecule has 1 atom stereocenters. The minimum absolute atomic E-state index is 0.130. The molecular weight excluding hydrogens is 338 g/mol. The molecule has 1 heterocycles. The maximum atomic E-state index is 11.9. The topological polar surface area (TPSA) is 37.4 Å². The fraction of sp³-hybridized carbons (Fsp3) is 0.467. The lowest BCUT2D eigenvalue weighted by atomic mass is 10.1. The molecule has 1 aliphatic heterocycles. The van der Waals surface area contributed by atoms with Gasteiger partial charge in [-0.3, -0.25) is 9.59 Å². The molecule has 0 radical (unpaired) electrons. The number of thioether (sulfide) groups is 1. The van der Waals surface area contributed by atoms with Gasteiger partial charge in [0.2, 0.25) is 5.91 Å². The van der Waals surface area contributed by atoms with E-state index in [2.05, 4.69) is 28.1 Å². The van der Waals surface area contributed by atoms with Gasteiger partial charge in [0.05, 0.1) is 0 Å². The second-order valence-electron chi connectivity index (χ2n) is 5.09. The van der Waals surface area contributed by atoms with E-state index in [4.69, 9.17) is 0 Å². The van der Waals surface area contributed by atoms with Gasteiger partial charge in [0.15, 0.2) is 5.12 Å². The van der Waals surface area contributed by atoms with E-state index in [0.717, 1.165) is 29.7 Å². The zero-order valence-corrected chi connectivity index (χ0v) is 13.9. The van der Waals surface area contributed by atoms with Crippen LogP contribution in [0, 0.1) is 5.92 Å². The molecular formula is C15H18BrNO2S. The smallest absolute Gasteiger partial charge is 0.222 e. The van der Waals surface area contributed by atoms with Crippen molar-refractivity contribution in [3.63, 3.8) is 0 Å². The number of amides is 1. The van der Waals surface area contributed by atoms with E-state index in [-0.39, 0.29) is 11.0 Å². The average Bonchev–Trinajstić information content (AvgIpc) is 2.76. The molecule has 0 aliphatic carbocycles. The van der Waals surface area contributed by atoms with Crippen LogP contribution in [0.15, 0.2) is 28.7 Å². The summed E-state index contributed by atoms with van der Waals surface area (Å²) in [6.07, 6.45) is 1.46. The lowest BCUT2D eigenvalue weighted by Gasteiger charge is -2.16. The minimum atomic E-state index is 0.130. The fourth-order valence-electron chi connectivity index (χ4n) is 2.33. The highest BCUT2D eigenvalue weighted by Gasteiger charge is 2.29. The summed E-state index contributed by atoms with van der Waals surface area (Å²) in [5.74, 6) is 1.30. The number of hydrogen-bond donors (Lipinski definition) is 0. The number of carbonyl (C=O) groups is 2. The normalized spacial score (nSPS) is 18.6. The van der Waals surface area contributed by atoms with Gasteiger partial charge in [-0.1, -0.05) is 39.8 Å². The molecule has 1 aromatic carbocycles. The van der Waals surface area contributed by atoms with Gasteiger partial charge < -0.3 is 4.90 Å². The summed E-state index contributed by atoms with van der Waals surface area (Å²) < 4.78 is 1.07. The van der Waals surface area contributed by atoms with Crippen molar-refractivity contribution >= 4 is 38.7 Å². The predicted molar refractivity (Wildman–Crippen MR) is 85.7 cm³/mol. The lowest BCUT2D eigenvalue weighted by Crippen LogP contribution is -2.27. The van der Waals surface area contributed by atoms with Gasteiger partial charge in [0, 0.05) is 36.7 Å². The van der Waals surface area contributed by atoms with E-state index in [1.807, 2.05) is 17.0 Å². The molecule has 1 saturated heterocycles. The molecule has 1 fully saturated rings. The number of rotatable bonds is 5. The third-order valence-electron chi connectivity index (χ3n) is 3.40. The Balaban J connectivity index is 1.80. The number of nitrogens with zero attached hydrogens (tertiary/aromatic N) is 1. The Hall–Kier alpha value is -0.810. The van der Waals surface area contributed by atoms with Gasteiger partial charge in [-0.15, -0.1) is 0 Å². The molecule has 2 rings (SSSR count). The van der Waals surface area contributed by atoms with Crippen LogP contribution < -0.4 is 0 Å². The van der Waals surface area contributed by atoms with Crippen molar-refractivity contribution in [3.8, 4) is 0 Å². The van der Waals surface area contributed by atoms with E-state index in [1.165, 1.54) is 17.3 Å². The molecule has 0 aromatic heterocycles. The summed E-state index contributed by atoms with van der Waals surface area (Å²) in [5.41, 5.74) is 1.24. The van der Waals surface area contributed by atoms with Crippen molar-refractivity contribution in [1.82, 2.24) is 4.90 Å². The standard InChI is InChI=1S/C15H18BrNO2S/c1-11(18)20-10-13-8-15(19)17(9-13)7-6-12-2-4-14(16)5-3-12/h2-5,13H,6-10H2,1H3. The largest absolute Gasteiger partial charge is 0.342 e. The van der Waals surface area contributed by atoms with Crippen molar-refractivity contribution in [1.29, 1.82) is 0 Å². The molecule has 0 N–H and O–H groups in total. The molecule has 3 nitrogen and oxygen atoms in total. The fourth-order valence-corrected chi connectivity index (χ4v) is 3.29. The number of halogens is 1. The predicted octanol–water partition coefficient (Wildman–Crippen LogP) is 3.12. The monoisotopic (exact) mass is 355 g/mol. The summed E-state index contributed by atoms with van der Waals surface area (Å²) >= 11 is 4.74. The van der Waals surface area contributed by atoms with Gasteiger partial charge in [-0.25, -0.2) is 0 Å². The van der Waals surface area contributed by atoms with Crippen LogP contribution in [-0.4, -0.2) is 34.8 Å². The van der Waals surface area contributed by atoms with Crippen LogP contribution in [0.4, 0.5) is 0 Å². The summed E-state index contributed by atoms with van der Waals surface area (Å²) in [4.78, 5) is 24.8. The van der Waals surface area contributed by atoms with Gasteiger partial charge in [0.1, 0.15) is 0 Å². The summed E-state index contributed by atoms with van der Waals surface area (Å²) in [7, 11) is 0. The van der Waals surface area contributed by atoms with E-state index in [9.17, 15) is 9.59 Å². The molecule has 1 amide bonds. The van der Waals surface area contributed by atoms with Crippen LogP contribution in [0.5, 0.6) is 0 Å². The zero-order valence-electron chi connectivity index (χ0n) is 11.5. The first-order valence-electron chi connectivity index (χ1n) is 6.70. The Morgan fingerprint density at radius 2 is 2.10 bits per heavy atom. The van der Waals surface area contributed by atoms with Crippen LogP contribution >= 0.6 is 27.7 Å². The van der Waals surface area contributed by atoms with E-state index >= 15 is 0 Å². The third kappa shape index (κ3) is 4.63. The first-order valence-corrected chi connectivity index (χ1v) is 8.48. The average molecular weight is 356 g/mol. The highest BCUT2D eigenvalue weighted by atomic mass is 79.9. The maximum absolute atomic E-state index is 11.9. The van der Waals surface area contributed by atoms with Gasteiger partial charge in [0.25, 0.3) is 0 Å². The zero-order chi connectivity index (χ0) is 14.5. The molecule has 0 saturated carbocycles. The maximum Gasteiger partial charge on any atom is 0.222 e. The molecule has 108 valence electrons. The molecule has 1 aromatic rings. The van der Waals surface area contributed by atoms with Crippen LogP contribution in [-0.2, 0) is 16.0 Å². The third-order valence-corrected chi connectivity index (χ3v) is 4.97. The van der Waals surface area contributed by atoms with E-state index < -0.39 is 0 Å². The minimum Gasteiger partial charge on any atom is -0.342 e. The highest BCUT2D eigenvalue weighted by Crippen LogP contribution is 2.22. The van der Waals surface area contributed by atoms with Crippen molar-refractivity contribution in [2.45, 2.75) is 19.8 Å². The van der Waals surface area contributed by atoms with Crippen LogP contribution in [0.3, 0.4) is 0 Å². The molecule has 20 heavy (non-hydrogen) atoms. The van der Waals surface area contributed by atoms with E-state index in [1.54, 1.807) is 6.92 Å². The molecule has 1 unspecified atom stereocenters. The van der Waals surface area contributed by atoms with E-state index in [0.29, 0.717) is 12.3 Å². The van der Waals surface area contributed by atoms with Crippen LogP contribution in [0.1, 0.15) is 18.9 Å². The number of likely N-dealkylation sites (tertiary alicyclic amines) is 1. The van der Waals surface area contributed by atoms with Gasteiger partial charge in [-0.2, -0.15) is 0 Å². The van der Waals surface area contributed by atoms with Crippen molar-refractivity contribution < 1.29 is 9.59 Å². The number of benzene rings is 1. The first-order chi connectivity index (χ1) is 9.54. The first kappa shape index (κ1) is 15.6. The van der Waals surface area contributed by atoms with Crippen molar-refractivity contribution in [3.05, 3.63) is 34.3 Å². The van der Waals surface area contributed by atoms with Crippen LogP contribution in [0.2, 0.25) is 0 Å². The number of carbonyl (C=O) groups excluding carboxylic acids is 2.